The van der Waals surface area contributed by atoms with Crippen molar-refractivity contribution in [3.63, 3.8) is 0 Å². The lowest BCUT2D eigenvalue weighted by Crippen LogP contribution is -2.25. The molecule has 0 N–H and O–H groups in total. The second-order valence-corrected chi connectivity index (χ2v) is 21.1. The smallest absolute Gasteiger partial charge is 0.334 e. The van der Waals surface area contributed by atoms with Gasteiger partial charge in [-0.1, -0.05) is 127 Å². The first-order valence-corrected chi connectivity index (χ1v) is 24.2. The van der Waals surface area contributed by atoms with Crippen LogP contribution in [0.3, 0.4) is 0 Å². The van der Waals surface area contributed by atoms with Crippen LogP contribution in [-0.4, -0.2) is 53.0 Å². The number of hydrogen-bond acceptors (Lipinski definition) is 3. The molecule has 0 saturated carbocycles. The quantitative estimate of drug-likeness (QED) is 0.0591. The molecule has 0 aliphatic carbocycles. The third-order valence-electron chi connectivity index (χ3n) is 11.6. The zero-order valence-corrected chi connectivity index (χ0v) is 35.7. The van der Waals surface area contributed by atoms with Gasteiger partial charge in [0.2, 0.25) is 12.4 Å². The van der Waals surface area contributed by atoms with Gasteiger partial charge in [0, 0.05) is 60.8 Å². The zero-order chi connectivity index (χ0) is 40.9. The van der Waals surface area contributed by atoms with E-state index >= 15 is 9.13 Å². The molecule has 0 atom stereocenters. The molecule has 6 nitrogen and oxygen atoms in total. The molecule has 0 bridgehead atoms. The van der Waals surface area contributed by atoms with Gasteiger partial charge in [-0.15, -0.1) is 0 Å². The molecule has 1 aliphatic rings. The molecule has 8 aromatic rings. The minimum absolute atomic E-state index is 0.651. The molecule has 0 unspecified atom stereocenters. The van der Waals surface area contributed by atoms with Crippen molar-refractivity contribution in [2.24, 2.45) is 0 Å². The van der Waals surface area contributed by atoms with E-state index in [1.165, 1.54) is 12.8 Å². The van der Waals surface area contributed by atoms with Gasteiger partial charge < -0.3 is 18.4 Å². The van der Waals surface area contributed by atoms with E-state index < -0.39 is 14.3 Å². The highest BCUT2D eigenvalue weighted by Crippen LogP contribution is 2.46. The molecule has 1 aliphatic heterocycles. The van der Waals surface area contributed by atoms with Crippen molar-refractivity contribution >= 4 is 80.3 Å². The molecule has 298 valence electrons. The number of aromatic nitrogens is 1. The first-order valence-electron chi connectivity index (χ1n) is 20.8. The number of rotatable bonds is 15. The molecule has 1 aromatic heterocycles. The Kier molecular flexibility index (Phi) is 11.3. The standard InChI is InChI=1S/C52H49N3O3P2/c1-53-34-35-54(40-53)33-16-2-3-17-36-58-42-20-18-19-41(37-42)55-51-31-29-47(59(56,43-21-8-4-9-22-43)44-23-10-5-11-24-44)38-49(51)50-39-48(30-32-52(50)55)60(57,45-25-12-6-13-26-45)46-27-14-7-15-28-46/h4-15,18-32,34-35,37-39H,2-3,16-17,33,36,40H2,1H3/q+2. The first kappa shape index (κ1) is 39.4. The largest absolute Gasteiger partial charge is 0.494 e. The fourth-order valence-corrected chi connectivity index (χ4v) is 13.9. The van der Waals surface area contributed by atoms with Crippen molar-refractivity contribution in [2.75, 3.05) is 26.9 Å². The van der Waals surface area contributed by atoms with Crippen LogP contribution in [0.25, 0.3) is 27.5 Å². The van der Waals surface area contributed by atoms with Gasteiger partial charge in [-0.2, -0.15) is 9.15 Å². The third-order valence-corrected chi connectivity index (χ3v) is 17.7. The van der Waals surface area contributed by atoms with Gasteiger partial charge in [-0.05, 0) is 67.8 Å². The van der Waals surface area contributed by atoms with Crippen LogP contribution in [0.2, 0.25) is 0 Å². The Morgan fingerprint density at radius 2 is 0.983 bits per heavy atom. The van der Waals surface area contributed by atoms with E-state index in [1.54, 1.807) is 0 Å². The van der Waals surface area contributed by atoms with Crippen molar-refractivity contribution in [1.29, 1.82) is 0 Å². The summed E-state index contributed by atoms with van der Waals surface area (Å²) in [6.45, 7) is 2.70. The van der Waals surface area contributed by atoms with Gasteiger partial charge in [0.1, 0.15) is 19.3 Å². The van der Waals surface area contributed by atoms with E-state index in [-0.39, 0.29) is 0 Å². The highest BCUT2D eigenvalue weighted by Gasteiger charge is 2.33. The highest BCUT2D eigenvalue weighted by atomic mass is 31.2. The van der Waals surface area contributed by atoms with Crippen molar-refractivity contribution in [2.45, 2.75) is 25.7 Å². The zero-order valence-electron chi connectivity index (χ0n) is 33.9. The number of nitrogens with zero attached hydrogens (tertiary/aromatic N) is 3. The lowest BCUT2D eigenvalue weighted by Gasteiger charge is -2.20. The van der Waals surface area contributed by atoms with E-state index in [2.05, 4.69) is 69.6 Å². The van der Waals surface area contributed by atoms with Crippen LogP contribution >= 0.6 is 14.3 Å². The molecule has 0 saturated heterocycles. The summed E-state index contributed by atoms with van der Waals surface area (Å²) in [5, 5.41) is 6.47. The summed E-state index contributed by atoms with van der Waals surface area (Å²) in [5.74, 6) is 0.816. The third kappa shape index (κ3) is 7.63. The van der Waals surface area contributed by atoms with Gasteiger partial charge in [-0.25, -0.2) is 0 Å². The fourth-order valence-electron chi connectivity index (χ4n) is 8.52. The molecule has 0 radical (unpaired) electrons. The summed E-state index contributed by atoms with van der Waals surface area (Å²) in [6.07, 6.45) is 8.76. The van der Waals surface area contributed by atoms with Gasteiger partial charge in [0.05, 0.1) is 17.6 Å². The predicted molar refractivity (Wildman–Crippen MR) is 252 cm³/mol. The maximum absolute atomic E-state index is 15.7. The van der Waals surface area contributed by atoms with E-state index in [9.17, 15) is 0 Å². The summed E-state index contributed by atoms with van der Waals surface area (Å²) in [7, 11) is -4.48. The Hall–Kier alpha value is -6.06. The van der Waals surface area contributed by atoms with Crippen LogP contribution < -0.4 is 36.6 Å². The van der Waals surface area contributed by atoms with E-state index in [4.69, 9.17) is 4.74 Å². The van der Waals surface area contributed by atoms with Crippen LogP contribution in [0.1, 0.15) is 25.7 Å². The predicted octanol–water partition coefficient (Wildman–Crippen LogP) is 8.77. The van der Waals surface area contributed by atoms with E-state index in [1.807, 2.05) is 146 Å². The number of fused-ring (bicyclic) bond motifs is 3. The van der Waals surface area contributed by atoms with Gasteiger partial charge in [0.15, 0.2) is 14.3 Å². The second kappa shape index (κ2) is 17.3. The molecule has 0 spiro atoms. The molecule has 2 heterocycles. The lowest BCUT2D eigenvalue weighted by atomic mass is 10.1. The maximum atomic E-state index is 15.7. The molecular formula is C52H49N3O3P2+2. The summed E-state index contributed by atoms with van der Waals surface area (Å²) in [5.41, 5.74) is 2.88. The maximum Gasteiger partial charge on any atom is 0.334 e. The monoisotopic (exact) mass is 825 g/mol. The number of hydrogen-bond donors (Lipinski definition) is 0. The van der Waals surface area contributed by atoms with Crippen molar-refractivity contribution < 1.29 is 23.0 Å². The number of unbranched alkanes of at least 4 members (excludes halogenated alkanes) is 3. The van der Waals surface area contributed by atoms with Crippen LogP contribution in [-0.2, 0) is 9.13 Å². The molecule has 7 aromatic carbocycles. The SMILES string of the molecule is C[N+]1=CC=[N+](CCCCCCOc2cccc(-n3c4ccc(P(=O)(c5ccccc5)c5ccccc5)cc4c4cc(P(=O)(c5ccccc5)c5ccccc5)ccc43)c2)C1. The summed E-state index contributed by atoms with van der Waals surface area (Å²) in [4.78, 5) is 0. The van der Waals surface area contributed by atoms with Crippen LogP contribution in [0, 0.1) is 0 Å². The topological polar surface area (TPSA) is 54.3 Å². The second-order valence-electron chi connectivity index (χ2n) is 15.6. The Labute approximate surface area is 352 Å². The van der Waals surface area contributed by atoms with Gasteiger partial charge in [0.25, 0.3) is 0 Å². The molecule has 60 heavy (non-hydrogen) atoms. The van der Waals surface area contributed by atoms with E-state index in [0.717, 1.165) is 91.1 Å². The van der Waals surface area contributed by atoms with Crippen LogP contribution in [0.15, 0.2) is 182 Å². The number of benzene rings is 7. The van der Waals surface area contributed by atoms with Gasteiger partial charge in [-0.3, -0.25) is 0 Å². The van der Waals surface area contributed by atoms with Crippen LogP contribution in [0.4, 0.5) is 0 Å². The molecule has 0 fully saturated rings. The Morgan fingerprint density at radius 3 is 1.45 bits per heavy atom. The van der Waals surface area contributed by atoms with E-state index in [0.29, 0.717) is 6.61 Å². The normalized spacial score (nSPS) is 13.1. The van der Waals surface area contributed by atoms with Crippen molar-refractivity contribution in [3.05, 3.63) is 182 Å². The van der Waals surface area contributed by atoms with Gasteiger partial charge >= 0.3 is 6.67 Å². The summed E-state index contributed by atoms with van der Waals surface area (Å²) < 4.78 is 44.6. The molecule has 0 amide bonds. The minimum Gasteiger partial charge on any atom is -0.494 e. The Balaban J connectivity index is 1.13. The van der Waals surface area contributed by atoms with Crippen LogP contribution in [0.5, 0.6) is 5.75 Å². The fraction of sp³-hybridized carbons (Fsp3) is 0.154. The average Bonchev–Trinajstić information content (AvgIpc) is 3.88. The number of ether oxygens (including phenoxy) is 1. The Morgan fingerprint density at radius 1 is 0.500 bits per heavy atom. The lowest BCUT2D eigenvalue weighted by molar-refractivity contribution is -0.699. The summed E-state index contributed by atoms with van der Waals surface area (Å²) in [6, 6.07) is 59.9. The van der Waals surface area contributed by atoms with Crippen molar-refractivity contribution in [3.8, 4) is 11.4 Å². The highest BCUT2D eigenvalue weighted by molar-refractivity contribution is 7.85. The molecule has 9 rings (SSSR count). The minimum atomic E-state index is -3.29. The van der Waals surface area contributed by atoms with Crippen molar-refractivity contribution in [1.82, 2.24) is 4.57 Å². The Bertz CT molecular complexity index is 2700. The average molecular weight is 826 g/mol. The molecule has 8 heteroatoms. The summed E-state index contributed by atoms with van der Waals surface area (Å²) >= 11 is 0. The first-order chi connectivity index (χ1) is 29.4. The molecular weight excluding hydrogens is 777 g/mol.